The van der Waals surface area contributed by atoms with Gasteiger partial charge < -0.3 is 14.6 Å². The molecule has 0 saturated heterocycles. The SMILES string of the molecule is COc1cccc(C[NH+](C)[C@@H](C)C(=O)c2[nH]c(C)c(C(C)=O)c2C)c1. The van der Waals surface area contributed by atoms with Gasteiger partial charge in [-0.05, 0) is 45.4 Å². The lowest BCUT2D eigenvalue weighted by Crippen LogP contribution is -3.12. The first-order valence-electron chi connectivity index (χ1n) is 8.45. The number of carbonyl (C=O) groups excluding carboxylic acids is 2. The highest BCUT2D eigenvalue weighted by atomic mass is 16.5. The van der Waals surface area contributed by atoms with Gasteiger partial charge in [0, 0.05) is 16.8 Å². The number of benzene rings is 1. The monoisotopic (exact) mass is 343 g/mol. The summed E-state index contributed by atoms with van der Waals surface area (Å²) >= 11 is 0. The Balaban J connectivity index is 2.19. The van der Waals surface area contributed by atoms with Gasteiger partial charge in [0.15, 0.2) is 11.8 Å². The quantitative estimate of drug-likeness (QED) is 0.757. The fraction of sp³-hybridized carbons (Fsp3) is 0.400. The Morgan fingerprint density at radius 2 is 1.96 bits per heavy atom. The first-order chi connectivity index (χ1) is 11.8. The zero-order valence-electron chi connectivity index (χ0n) is 15.8. The molecule has 1 heterocycles. The lowest BCUT2D eigenvalue weighted by atomic mass is 10.0. The van der Waals surface area contributed by atoms with Crippen LogP contribution in [0.25, 0.3) is 0 Å². The molecule has 1 aromatic heterocycles. The van der Waals surface area contributed by atoms with E-state index in [1.807, 2.05) is 52.1 Å². The van der Waals surface area contributed by atoms with E-state index in [4.69, 9.17) is 4.74 Å². The summed E-state index contributed by atoms with van der Waals surface area (Å²) < 4.78 is 5.25. The molecule has 0 amide bonds. The Morgan fingerprint density at radius 1 is 1.28 bits per heavy atom. The molecule has 0 saturated carbocycles. The Hall–Kier alpha value is -2.40. The number of ketones is 2. The highest BCUT2D eigenvalue weighted by Crippen LogP contribution is 2.19. The van der Waals surface area contributed by atoms with Gasteiger partial charge in [-0.2, -0.15) is 0 Å². The molecule has 0 bridgehead atoms. The predicted octanol–water partition coefficient (Wildman–Crippen LogP) is 2.13. The van der Waals surface area contributed by atoms with Crippen LogP contribution in [0.1, 0.15) is 51.5 Å². The Bertz CT molecular complexity index is 792. The van der Waals surface area contributed by atoms with Crippen molar-refractivity contribution in [2.45, 2.75) is 40.3 Å². The first-order valence-corrected chi connectivity index (χ1v) is 8.45. The van der Waals surface area contributed by atoms with E-state index in [1.54, 1.807) is 7.11 Å². The van der Waals surface area contributed by atoms with Crippen LogP contribution in [0.3, 0.4) is 0 Å². The summed E-state index contributed by atoms with van der Waals surface area (Å²) in [6, 6.07) is 7.63. The third kappa shape index (κ3) is 3.99. The zero-order valence-corrected chi connectivity index (χ0v) is 15.8. The summed E-state index contributed by atoms with van der Waals surface area (Å²) in [5, 5.41) is 0. The van der Waals surface area contributed by atoms with E-state index in [1.165, 1.54) is 6.92 Å². The summed E-state index contributed by atoms with van der Waals surface area (Å²) in [4.78, 5) is 28.9. The Morgan fingerprint density at radius 3 is 2.52 bits per heavy atom. The van der Waals surface area contributed by atoms with Gasteiger partial charge in [-0.15, -0.1) is 0 Å². The van der Waals surface area contributed by atoms with Crippen molar-refractivity contribution < 1.29 is 19.2 Å². The molecule has 0 aliphatic heterocycles. The van der Waals surface area contributed by atoms with Gasteiger partial charge >= 0.3 is 0 Å². The normalized spacial score (nSPS) is 13.4. The fourth-order valence-corrected chi connectivity index (χ4v) is 3.22. The lowest BCUT2D eigenvalue weighted by Gasteiger charge is -2.21. The number of carbonyl (C=O) groups is 2. The minimum atomic E-state index is -0.234. The van der Waals surface area contributed by atoms with E-state index in [9.17, 15) is 9.59 Å². The number of hydrogen-bond donors (Lipinski definition) is 2. The van der Waals surface area contributed by atoms with Crippen LogP contribution in [-0.4, -0.2) is 36.7 Å². The second kappa shape index (κ2) is 7.66. The molecule has 0 aliphatic rings. The highest BCUT2D eigenvalue weighted by molar-refractivity contribution is 6.04. The summed E-state index contributed by atoms with van der Waals surface area (Å²) in [7, 11) is 3.64. The molecule has 5 nitrogen and oxygen atoms in total. The molecule has 134 valence electrons. The van der Waals surface area contributed by atoms with Crippen LogP contribution >= 0.6 is 0 Å². The maximum absolute atomic E-state index is 12.9. The van der Waals surface area contributed by atoms with Gasteiger partial charge in [0.1, 0.15) is 12.3 Å². The number of likely N-dealkylation sites (N-methyl/N-ethyl adjacent to an activating group) is 1. The maximum atomic E-state index is 12.9. The third-order valence-electron chi connectivity index (χ3n) is 4.79. The molecule has 25 heavy (non-hydrogen) atoms. The molecule has 0 aliphatic carbocycles. The molecule has 5 heteroatoms. The number of nitrogens with one attached hydrogen (secondary N) is 2. The standard InChI is InChI=1S/C20H26N2O3/c1-12-18(15(4)23)13(2)21-19(12)20(24)14(3)22(5)11-16-8-7-9-17(10-16)25-6/h7-10,14,21H,11H2,1-6H3/p+1/t14-/m0/s1. The number of quaternary nitrogens is 1. The van der Waals surface area contributed by atoms with Crippen molar-refractivity contribution in [1.82, 2.24) is 4.98 Å². The number of methoxy groups -OCH3 is 1. The summed E-state index contributed by atoms with van der Waals surface area (Å²) in [6.07, 6.45) is 0. The zero-order chi connectivity index (χ0) is 18.7. The van der Waals surface area contributed by atoms with E-state index in [0.717, 1.165) is 27.5 Å². The third-order valence-corrected chi connectivity index (χ3v) is 4.79. The second-order valence-corrected chi connectivity index (χ2v) is 6.64. The van der Waals surface area contributed by atoms with E-state index >= 15 is 0 Å². The molecule has 0 spiro atoms. The minimum absolute atomic E-state index is 0.0185. The number of hydrogen-bond acceptors (Lipinski definition) is 3. The van der Waals surface area contributed by atoms with Gasteiger partial charge in [-0.3, -0.25) is 9.59 Å². The molecule has 0 fully saturated rings. The van der Waals surface area contributed by atoms with Crippen molar-refractivity contribution >= 4 is 11.6 Å². The predicted molar refractivity (Wildman–Crippen MR) is 97.6 cm³/mol. The van der Waals surface area contributed by atoms with E-state index in [-0.39, 0.29) is 17.6 Å². The van der Waals surface area contributed by atoms with Crippen molar-refractivity contribution in [2.75, 3.05) is 14.2 Å². The topological polar surface area (TPSA) is 63.6 Å². The number of ether oxygens (including phenoxy) is 1. The maximum Gasteiger partial charge on any atom is 0.235 e. The highest BCUT2D eigenvalue weighted by Gasteiger charge is 2.28. The van der Waals surface area contributed by atoms with E-state index < -0.39 is 0 Å². The molecule has 2 rings (SSSR count). The first kappa shape index (κ1) is 18.9. The van der Waals surface area contributed by atoms with Crippen molar-refractivity contribution in [2.24, 2.45) is 0 Å². The molecule has 2 aromatic rings. The molecule has 2 N–H and O–H groups in total. The lowest BCUT2D eigenvalue weighted by molar-refractivity contribution is -0.907. The van der Waals surface area contributed by atoms with Gasteiger partial charge in [-0.1, -0.05) is 12.1 Å². The van der Waals surface area contributed by atoms with Crippen LogP contribution < -0.4 is 9.64 Å². The van der Waals surface area contributed by atoms with Crippen LogP contribution in [0, 0.1) is 13.8 Å². The van der Waals surface area contributed by atoms with Gasteiger partial charge in [0.25, 0.3) is 0 Å². The Kier molecular flexibility index (Phi) is 5.80. The van der Waals surface area contributed by atoms with Crippen LogP contribution in [0.15, 0.2) is 24.3 Å². The molecule has 2 atom stereocenters. The molecule has 1 unspecified atom stereocenters. The van der Waals surface area contributed by atoms with Crippen molar-refractivity contribution in [3.05, 3.63) is 52.3 Å². The number of Topliss-reactive ketones (excluding diaryl/α,β-unsaturated/α-hetero) is 2. The van der Waals surface area contributed by atoms with Gasteiger partial charge in [0.05, 0.1) is 19.9 Å². The largest absolute Gasteiger partial charge is 0.497 e. The van der Waals surface area contributed by atoms with Gasteiger partial charge in [0.2, 0.25) is 5.78 Å². The average Bonchev–Trinajstić information content (AvgIpc) is 2.88. The van der Waals surface area contributed by atoms with Gasteiger partial charge in [-0.25, -0.2) is 0 Å². The smallest absolute Gasteiger partial charge is 0.235 e. The molecular weight excluding hydrogens is 316 g/mol. The fourth-order valence-electron chi connectivity index (χ4n) is 3.22. The van der Waals surface area contributed by atoms with Crippen LogP contribution in [0.2, 0.25) is 0 Å². The molecular formula is C20H27N2O3+. The molecule has 0 radical (unpaired) electrons. The van der Waals surface area contributed by atoms with Crippen LogP contribution in [-0.2, 0) is 6.54 Å². The number of aromatic nitrogens is 1. The minimum Gasteiger partial charge on any atom is -0.497 e. The molecule has 1 aromatic carbocycles. The van der Waals surface area contributed by atoms with Crippen molar-refractivity contribution in [3.8, 4) is 5.75 Å². The second-order valence-electron chi connectivity index (χ2n) is 6.64. The van der Waals surface area contributed by atoms with Crippen LogP contribution in [0.5, 0.6) is 5.75 Å². The van der Waals surface area contributed by atoms with Crippen molar-refractivity contribution in [1.29, 1.82) is 0 Å². The average molecular weight is 343 g/mol. The van der Waals surface area contributed by atoms with Crippen molar-refractivity contribution in [3.63, 3.8) is 0 Å². The summed E-state index contributed by atoms with van der Waals surface area (Å²) in [6.45, 7) is 7.82. The number of aryl methyl sites for hydroxylation is 1. The number of H-pyrrole nitrogens is 1. The van der Waals surface area contributed by atoms with E-state index in [2.05, 4.69) is 4.98 Å². The summed E-state index contributed by atoms with van der Waals surface area (Å²) in [5.74, 6) is 0.815. The summed E-state index contributed by atoms with van der Waals surface area (Å²) in [5.41, 5.74) is 3.78. The Labute approximate surface area is 149 Å². The number of aromatic amines is 1. The number of rotatable bonds is 7. The van der Waals surface area contributed by atoms with E-state index in [0.29, 0.717) is 17.8 Å². The van der Waals surface area contributed by atoms with Crippen LogP contribution in [0.4, 0.5) is 0 Å².